The van der Waals surface area contributed by atoms with E-state index in [9.17, 15) is 0 Å². The van der Waals surface area contributed by atoms with Gasteiger partial charge < -0.3 is 9.47 Å². The minimum Gasteiger partial charge on any atom is -0.497 e. The molecule has 2 aromatic rings. The Morgan fingerprint density at radius 3 is 2.21 bits per heavy atom. The zero-order chi connectivity index (χ0) is 13.7. The monoisotopic (exact) mass is 255 g/mol. The van der Waals surface area contributed by atoms with Gasteiger partial charge in [0.15, 0.2) is 0 Å². The van der Waals surface area contributed by atoms with Crippen LogP contribution in [0.2, 0.25) is 0 Å². The summed E-state index contributed by atoms with van der Waals surface area (Å²) in [7, 11) is 3.31. The van der Waals surface area contributed by atoms with Crippen molar-refractivity contribution in [3.63, 3.8) is 0 Å². The van der Waals surface area contributed by atoms with Crippen molar-refractivity contribution in [3.8, 4) is 11.5 Å². The third-order valence-electron chi connectivity index (χ3n) is 2.86. The molecule has 0 aliphatic rings. The van der Waals surface area contributed by atoms with Gasteiger partial charge in [0.25, 0.3) is 0 Å². The van der Waals surface area contributed by atoms with Crippen LogP contribution in [-0.2, 0) is 0 Å². The second-order valence-electron chi connectivity index (χ2n) is 4.13. The molecule has 3 heteroatoms. The Hall–Kier alpha value is -2.29. The van der Waals surface area contributed by atoms with E-state index >= 15 is 0 Å². The van der Waals surface area contributed by atoms with Gasteiger partial charge >= 0.3 is 0 Å². The summed E-state index contributed by atoms with van der Waals surface area (Å²) in [6, 6.07) is 15.5. The van der Waals surface area contributed by atoms with Crippen molar-refractivity contribution in [1.82, 2.24) is 0 Å². The Balaban J connectivity index is 2.25. The second kappa shape index (κ2) is 6.05. The normalized spacial score (nSPS) is 11.2. The smallest absolute Gasteiger partial charge is 0.119 e. The molecular weight excluding hydrogens is 238 g/mol. The fourth-order valence-corrected chi connectivity index (χ4v) is 1.76. The van der Waals surface area contributed by atoms with Gasteiger partial charge in [-0.3, -0.25) is 4.99 Å². The van der Waals surface area contributed by atoms with Gasteiger partial charge in [0.05, 0.1) is 19.9 Å². The number of rotatable bonds is 4. The Morgan fingerprint density at radius 1 is 0.895 bits per heavy atom. The van der Waals surface area contributed by atoms with Crippen molar-refractivity contribution >= 4 is 11.4 Å². The molecule has 0 radical (unpaired) electrons. The molecule has 0 unspecified atom stereocenters. The van der Waals surface area contributed by atoms with Gasteiger partial charge in [0.2, 0.25) is 0 Å². The molecule has 0 atom stereocenters. The highest BCUT2D eigenvalue weighted by Crippen LogP contribution is 2.20. The summed E-state index contributed by atoms with van der Waals surface area (Å²) in [5.74, 6) is 1.67. The zero-order valence-corrected chi connectivity index (χ0v) is 11.4. The van der Waals surface area contributed by atoms with Crippen LogP contribution in [0.5, 0.6) is 11.5 Å². The molecule has 0 saturated heterocycles. The number of hydrogen-bond acceptors (Lipinski definition) is 3. The molecule has 2 aromatic carbocycles. The lowest BCUT2D eigenvalue weighted by Crippen LogP contribution is -1.94. The molecule has 2 rings (SSSR count). The lowest BCUT2D eigenvalue weighted by molar-refractivity contribution is 0.414. The SMILES string of the molecule is COc1ccc(N=C(C)c2cccc(OC)c2)cc1. The quantitative estimate of drug-likeness (QED) is 0.777. The van der Waals surface area contributed by atoms with E-state index in [4.69, 9.17) is 9.47 Å². The molecule has 0 saturated carbocycles. The first-order chi connectivity index (χ1) is 9.22. The van der Waals surface area contributed by atoms with Gasteiger partial charge in [-0.25, -0.2) is 0 Å². The van der Waals surface area contributed by atoms with Gasteiger partial charge in [0, 0.05) is 5.71 Å². The molecule has 0 aliphatic carbocycles. The molecule has 98 valence electrons. The molecule has 19 heavy (non-hydrogen) atoms. The largest absolute Gasteiger partial charge is 0.497 e. The van der Waals surface area contributed by atoms with Crippen molar-refractivity contribution < 1.29 is 9.47 Å². The predicted molar refractivity (Wildman–Crippen MR) is 77.9 cm³/mol. The van der Waals surface area contributed by atoms with Crippen LogP contribution in [0.25, 0.3) is 0 Å². The van der Waals surface area contributed by atoms with E-state index in [1.54, 1.807) is 14.2 Å². The van der Waals surface area contributed by atoms with Crippen LogP contribution in [0.15, 0.2) is 53.5 Å². The van der Waals surface area contributed by atoms with Crippen molar-refractivity contribution in [2.24, 2.45) is 4.99 Å². The van der Waals surface area contributed by atoms with Crippen LogP contribution in [0.1, 0.15) is 12.5 Å². The maximum absolute atomic E-state index is 5.21. The third kappa shape index (κ3) is 3.35. The molecule has 0 N–H and O–H groups in total. The Morgan fingerprint density at radius 2 is 1.58 bits per heavy atom. The van der Waals surface area contributed by atoms with Crippen LogP contribution in [0.3, 0.4) is 0 Å². The molecule has 0 aromatic heterocycles. The summed E-state index contributed by atoms with van der Waals surface area (Å²) >= 11 is 0. The summed E-state index contributed by atoms with van der Waals surface area (Å²) in [6.07, 6.45) is 0. The minimum atomic E-state index is 0.831. The standard InChI is InChI=1S/C16H17NO2/c1-12(13-5-4-6-16(11-13)19-3)17-14-7-9-15(18-2)10-8-14/h4-11H,1-3H3. The maximum atomic E-state index is 5.21. The van der Waals surface area contributed by atoms with E-state index in [2.05, 4.69) is 4.99 Å². The van der Waals surface area contributed by atoms with Gasteiger partial charge in [0.1, 0.15) is 11.5 Å². The Kier molecular flexibility index (Phi) is 4.18. The van der Waals surface area contributed by atoms with Gasteiger partial charge in [-0.05, 0) is 48.9 Å². The van der Waals surface area contributed by atoms with E-state index in [-0.39, 0.29) is 0 Å². The number of ether oxygens (including phenoxy) is 2. The fraction of sp³-hybridized carbons (Fsp3) is 0.188. The lowest BCUT2D eigenvalue weighted by atomic mass is 10.1. The van der Waals surface area contributed by atoms with E-state index in [0.717, 1.165) is 28.5 Å². The molecular formula is C16H17NO2. The average Bonchev–Trinajstić information content (AvgIpc) is 2.48. The first-order valence-electron chi connectivity index (χ1n) is 6.06. The van der Waals surface area contributed by atoms with Crippen molar-refractivity contribution in [1.29, 1.82) is 0 Å². The summed E-state index contributed by atoms with van der Waals surface area (Å²) in [5.41, 5.74) is 2.90. The topological polar surface area (TPSA) is 30.8 Å². The molecule has 0 aliphatic heterocycles. The van der Waals surface area contributed by atoms with Crippen molar-refractivity contribution in [2.45, 2.75) is 6.92 Å². The van der Waals surface area contributed by atoms with Crippen LogP contribution >= 0.6 is 0 Å². The second-order valence-corrected chi connectivity index (χ2v) is 4.13. The fourth-order valence-electron chi connectivity index (χ4n) is 1.76. The number of benzene rings is 2. The summed E-state index contributed by atoms with van der Waals surface area (Å²) < 4.78 is 10.3. The minimum absolute atomic E-state index is 0.831. The molecule has 0 heterocycles. The average molecular weight is 255 g/mol. The lowest BCUT2D eigenvalue weighted by Gasteiger charge is -2.05. The first-order valence-corrected chi connectivity index (χ1v) is 6.06. The van der Waals surface area contributed by atoms with Crippen LogP contribution in [-0.4, -0.2) is 19.9 Å². The Labute approximate surface area is 113 Å². The summed E-state index contributed by atoms with van der Waals surface area (Å²) in [4.78, 5) is 4.59. The first kappa shape index (κ1) is 13.1. The van der Waals surface area contributed by atoms with Gasteiger partial charge in [-0.1, -0.05) is 12.1 Å². The number of nitrogens with zero attached hydrogens (tertiary/aromatic N) is 1. The van der Waals surface area contributed by atoms with Gasteiger partial charge in [-0.2, -0.15) is 0 Å². The number of hydrogen-bond donors (Lipinski definition) is 0. The van der Waals surface area contributed by atoms with E-state index in [0.29, 0.717) is 0 Å². The third-order valence-corrected chi connectivity index (χ3v) is 2.86. The highest BCUT2D eigenvalue weighted by atomic mass is 16.5. The highest BCUT2D eigenvalue weighted by Gasteiger charge is 2.00. The maximum Gasteiger partial charge on any atom is 0.119 e. The molecule has 0 fully saturated rings. The zero-order valence-electron chi connectivity index (χ0n) is 11.4. The van der Waals surface area contributed by atoms with Gasteiger partial charge in [-0.15, -0.1) is 0 Å². The van der Waals surface area contributed by atoms with E-state index in [1.807, 2.05) is 55.5 Å². The Bertz CT molecular complexity index is 574. The van der Waals surface area contributed by atoms with Crippen molar-refractivity contribution in [2.75, 3.05) is 14.2 Å². The molecule has 0 amide bonds. The van der Waals surface area contributed by atoms with Crippen molar-refractivity contribution in [3.05, 3.63) is 54.1 Å². The molecule has 3 nitrogen and oxygen atoms in total. The van der Waals surface area contributed by atoms with Crippen LogP contribution in [0, 0.1) is 0 Å². The molecule has 0 bridgehead atoms. The highest BCUT2D eigenvalue weighted by molar-refractivity contribution is 6.00. The summed E-state index contributed by atoms with van der Waals surface area (Å²) in [5, 5.41) is 0. The van der Waals surface area contributed by atoms with E-state index < -0.39 is 0 Å². The van der Waals surface area contributed by atoms with E-state index in [1.165, 1.54) is 0 Å². The number of aliphatic imine (C=N–C) groups is 1. The van der Waals surface area contributed by atoms with Crippen LogP contribution < -0.4 is 9.47 Å². The van der Waals surface area contributed by atoms with Crippen LogP contribution in [0.4, 0.5) is 5.69 Å². The number of methoxy groups -OCH3 is 2. The summed E-state index contributed by atoms with van der Waals surface area (Å²) in [6.45, 7) is 1.99. The predicted octanol–water partition coefficient (Wildman–Crippen LogP) is 3.84. The molecule has 0 spiro atoms.